The Morgan fingerprint density at radius 2 is 2.13 bits per heavy atom. The summed E-state index contributed by atoms with van der Waals surface area (Å²) >= 11 is 0. The first kappa shape index (κ1) is 22.9. The van der Waals surface area contributed by atoms with E-state index in [0.29, 0.717) is 6.10 Å². The van der Waals surface area contributed by atoms with Gasteiger partial charge in [-0.1, -0.05) is 13.8 Å². The maximum Gasteiger partial charge on any atom is 0.191 e. The summed E-state index contributed by atoms with van der Waals surface area (Å²) in [6.07, 6.45) is 6.03. The highest BCUT2D eigenvalue weighted by Crippen LogP contribution is 2.11. The maximum absolute atomic E-state index is 5.65. The third kappa shape index (κ3) is 12.9. The number of aliphatic imine (C=N–C) groups is 1. The summed E-state index contributed by atoms with van der Waals surface area (Å²) in [4.78, 5) is 4.58. The maximum atomic E-state index is 5.65. The fourth-order valence-electron chi connectivity index (χ4n) is 2.41. The van der Waals surface area contributed by atoms with Crippen LogP contribution in [0.3, 0.4) is 0 Å². The molecule has 23 heavy (non-hydrogen) atoms. The Kier molecular flexibility index (Phi) is 15.4. The molecule has 0 radical (unpaired) electrons. The molecule has 1 heterocycles. The van der Waals surface area contributed by atoms with E-state index in [-0.39, 0.29) is 24.0 Å². The number of ether oxygens (including phenoxy) is 2. The second-order valence-electron chi connectivity index (χ2n) is 6.29. The van der Waals surface area contributed by atoms with E-state index in [1.165, 1.54) is 19.3 Å². The minimum atomic E-state index is 0. The average molecular weight is 441 g/mol. The Morgan fingerprint density at radius 1 is 1.30 bits per heavy atom. The van der Waals surface area contributed by atoms with Crippen LogP contribution in [0.2, 0.25) is 0 Å². The van der Waals surface area contributed by atoms with Crippen molar-refractivity contribution in [1.82, 2.24) is 10.6 Å². The Labute approximate surface area is 159 Å². The molecular formula is C17H36IN3O2. The monoisotopic (exact) mass is 441 g/mol. The lowest BCUT2D eigenvalue weighted by Crippen LogP contribution is -2.38. The molecule has 0 amide bonds. The van der Waals surface area contributed by atoms with Crippen LogP contribution in [0.1, 0.15) is 52.9 Å². The molecule has 1 aliphatic rings. The smallest absolute Gasteiger partial charge is 0.191 e. The predicted octanol–water partition coefficient (Wildman–Crippen LogP) is 3.18. The van der Waals surface area contributed by atoms with Gasteiger partial charge < -0.3 is 20.1 Å². The molecule has 0 aromatic heterocycles. The summed E-state index contributed by atoms with van der Waals surface area (Å²) in [6.45, 7) is 11.7. The van der Waals surface area contributed by atoms with Crippen LogP contribution in [0.25, 0.3) is 0 Å². The highest BCUT2D eigenvalue weighted by molar-refractivity contribution is 14.0. The summed E-state index contributed by atoms with van der Waals surface area (Å²) in [7, 11) is 0. The molecule has 1 aliphatic heterocycles. The van der Waals surface area contributed by atoms with Gasteiger partial charge in [-0.15, -0.1) is 24.0 Å². The Balaban J connectivity index is 0.00000484. The molecule has 2 N–H and O–H groups in total. The molecule has 1 fully saturated rings. The molecule has 0 spiro atoms. The molecule has 0 saturated carbocycles. The molecule has 1 rings (SSSR count). The number of rotatable bonds is 11. The van der Waals surface area contributed by atoms with E-state index in [0.717, 1.165) is 64.2 Å². The van der Waals surface area contributed by atoms with Crippen molar-refractivity contribution in [3.63, 3.8) is 0 Å². The normalized spacial score (nSPS) is 18.1. The largest absolute Gasteiger partial charge is 0.379 e. The van der Waals surface area contributed by atoms with Gasteiger partial charge in [0.05, 0.1) is 12.7 Å². The zero-order valence-corrected chi connectivity index (χ0v) is 17.4. The van der Waals surface area contributed by atoms with Crippen LogP contribution in [0.4, 0.5) is 0 Å². The topological polar surface area (TPSA) is 54.9 Å². The van der Waals surface area contributed by atoms with Crippen LogP contribution in [0.15, 0.2) is 4.99 Å². The molecule has 0 aromatic rings. The van der Waals surface area contributed by atoms with Crippen molar-refractivity contribution in [2.75, 3.05) is 39.5 Å². The van der Waals surface area contributed by atoms with Crippen molar-refractivity contribution < 1.29 is 9.47 Å². The van der Waals surface area contributed by atoms with Gasteiger partial charge in [-0.2, -0.15) is 0 Å². The Bertz CT molecular complexity index is 296. The third-order valence-corrected chi connectivity index (χ3v) is 3.64. The van der Waals surface area contributed by atoms with E-state index in [4.69, 9.17) is 9.47 Å². The van der Waals surface area contributed by atoms with Crippen LogP contribution >= 0.6 is 24.0 Å². The molecule has 6 heteroatoms. The molecule has 1 atom stereocenters. The second-order valence-corrected chi connectivity index (χ2v) is 6.29. The van der Waals surface area contributed by atoms with E-state index < -0.39 is 0 Å². The van der Waals surface area contributed by atoms with Crippen LogP contribution in [0, 0.1) is 5.92 Å². The quantitative estimate of drug-likeness (QED) is 0.224. The number of guanidine groups is 1. The van der Waals surface area contributed by atoms with Gasteiger partial charge in [0.1, 0.15) is 0 Å². The number of nitrogens with one attached hydrogen (secondary N) is 2. The Hall–Kier alpha value is -0.0800. The number of halogens is 1. The van der Waals surface area contributed by atoms with E-state index >= 15 is 0 Å². The van der Waals surface area contributed by atoms with Gasteiger partial charge in [0.15, 0.2) is 5.96 Å². The van der Waals surface area contributed by atoms with E-state index in [1.807, 2.05) is 0 Å². The molecule has 1 saturated heterocycles. The highest BCUT2D eigenvalue weighted by atomic mass is 127. The lowest BCUT2D eigenvalue weighted by atomic mass is 10.1. The SMILES string of the molecule is CCNC(=NCCCOCC1CCCO1)NCCCC(C)C.I. The zero-order valence-electron chi connectivity index (χ0n) is 15.1. The molecule has 5 nitrogen and oxygen atoms in total. The van der Waals surface area contributed by atoms with Crippen LogP contribution < -0.4 is 10.6 Å². The minimum Gasteiger partial charge on any atom is -0.379 e. The fourth-order valence-corrected chi connectivity index (χ4v) is 2.41. The van der Waals surface area contributed by atoms with Crippen molar-refractivity contribution in [2.45, 2.75) is 59.0 Å². The number of hydrogen-bond acceptors (Lipinski definition) is 3. The van der Waals surface area contributed by atoms with Gasteiger partial charge >= 0.3 is 0 Å². The summed E-state index contributed by atoms with van der Waals surface area (Å²) in [5.41, 5.74) is 0. The van der Waals surface area contributed by atoms with Crippen LogP contribution in [0.5, 0.6) is 0 Å². The van der Waals surface area contributed by atoms with Crippen molar-refractivity contribution in [2.24, 2.45) is 10.9 Å². The molecule has 138 valence electrons. The molecule has 0 aliphatic carbocycles. The summed E-state index contributed by atoms with van der Waals surface area (Å²) < 4.78 is 11.2. The standard InChI is InChI=1S/C17H35N3O2.HI/c1-4-18-17(19-10-5-8-15(2)3)20-11-7-12-21-14-16-9-6-13-22-16;/h15-16H,4-14H2,1-3H3,(H2,18,19,20);1H. The van der Waals surface area contributed by atoms with Crippen molar-refractivity contribution in [3.05, 3.63) is 0 Å². The van der Waals surface area contributed by atoms with Crippen LogP contribution in [-0.2, 0) is 9.47 Å². The molecule has 0 aromatic carbocycles. The average Bonchev–Trinajstić information content (AvgIpc) is 3.00. The second kappa shape index (κ2) is 15.4. The van der Waals surface area contributed by atoms with Crippen molar-refractivity contribution in [1.29, 1.82) is 0 Å². The summed E-state index contributed by atoms with van der Waals surface area (Å²) in [5, 5.41) is 6.67. The van der Waals surface area contributed by atoms with E-state index in [9.17, 15) is 0 Å². The van der Waals surface area contributed by atoms with Crippen LogP contribution in [-0.4, -0.2) is 51.5 Å². The predicted molar refractivity (Wildman–Crippen MR) is 108 cm³/mol. The number of nitrogens with zero attached hydrogens (tertiary/aromatic N) is 1. The van der Waals surface area contributed by atoms with Gasteiger partial charge in [-0.3, -0.25) is 4.99 Å². The van der Waals surface area contributed by atoms with Gasteiger partial charge in [-0.05, 0) is 44.9 Å². The summed E-state index contributed by atoms with van der Waals surface area (Å²) in [6, 6.07) is 0. The summed E-state index contributed by atoms with van der Waals surface area (Å²) in [5.74, 6) is 1.69. The first-order chi connectivity index (χ1) is 10.7. The first-order valence-corrected chi connectivity index (χ1v) is 8.94. The molecular weight excluding hydrogens is 405 g/mol. The lowest BCUT2D eigenvalue weighted by molar-refractivity contribution is 0.0171. The minimum absolute atomic E-state index is 0. The van der Waals surface area contributed by atoms with Crippen molar-refractivity contribution >= 4 is 29.9 Å². The van der Waals surface area contributed by atoms with E-state index in [2.05, 4.69) is 36.4 Å². The third-order valence-electron chi connectivity index (χ3n) is 3.64. The highest BCUT2D eigenvalue weighted by Gasteiger charge is 2.14. The van der Waals surface area contributed by atoms with Gasteiger partial charge in [-0.25, -0.2) is 0 Å². The van der Waals surface area contributed by atoms with Gasteiger partial charge in [0.2, 0.25) is 0 Å². The Morgan fingerprint density at radius 3 is 2.78 bits per heavy atom. The molecule has 0 bridgehead atoms. The molecule has 1 unspecified atom stereocenters. The fraction of sp³-hybridized carbons (Fsp3) is 0.941. The van der Waals surface area contributed by atoms with Crippen molar-refractivity contribution in [3.8, 4) is 0 Å². The van der Waals surface area contributed by atoms with Gasteiger partial charge in [0.25, 0.3) is 0 Å². The zero-order chi connectivity index (χ0) is 16.0. The van der Waals surface area contributed by atoms with Gasteiger partial charge in [0, 0.05) is 32.8 Å². The lowest BCUT2D eigenvalue weighted by Gasteiger charge is -2.12. The number of hydrogen-bond donors (Lipinski definition) is 2. The first-order valence-electron chi connectivity index (χ1n) is 8.94. The van der Waals surface area contributed by atoms with E-state index in [1.54, 1.807) is 0 Å².